The quantitative estimate of drug-likeness (QED) is 0.342. The summed E-state index contributed by atoms with van der Waals surface area (Å²) >= 11 is 0. The SMILES string of the molecule is NC[C@@H](N)c1cc(N)c(C(=O)O)cc1O. The molecule has 0 amide bonds. The first-order valence-corrected chi connectivity index (χ1v) is 4.28. The number of rotatable bonds is 3. The van der Waals surface area contributed by atoms with E-state index in [9.17, 15) is 9.90 Å². The predicted molar refractivity (Wildman–Crippen MR) is 55.5 cm³/mol. The minimum Gasteiger partial charge on any atom is -0.508 e. The molecule has 1 aromatic rings. The van der Waals surface area contributed by atoms with Gasteiger partial charge in [-0.3, -0.25) is 0 Å². The summed E-state index contributed by atoms with van der Waals surface area (Å²) in [4.78, 5) is 10.7. The highest BCUT2D eigenvalue weighted by atomic mass is 16.4. The lowest BCUT2D eigenvalue weighted by Crippen LogP contribution is -2.21. The number of benzene rings is 1. The monoisotopic (exact) mass is 211 g/mol. The molecular formula is C9H13N3O3. The van der Waals surface area contributed by atoms with Gasteiger partial charge in [0.1, 0.15) is 5.75 Å². The Hall–Kier alpha value is -1.79. The number of phenols is 1. The summed E-state index contributed by atoms with van der Waals surface area (Å²) in [5.41, 5.74) is 16.7. The zero-order valence-electron chi connectivity index (χ0n) is 7.97. The van der Waals surface area contributed by atoms with E-state index in [0.717, 1.165) is 6.07 Å². The first-order valence-electron chi connectivity index (χ1n) is 4.28. The lowest BCUT2D eigenvalue weighted by atomic mass is 10.0. The van der Waals surface area contributed by atoms with Crippen LogP contribution in [-0.4, -0.2) is 22.7 Å². The molecule has 0 unspecified atom stereocenters. The van der Waals surface area contributed by atoms with Crippen LogP contribution in [0.5, 0.6) is 5.75 Å². The van der Waals surface area contributed by atoms with E-state index in [2.05, 4.69) is 0 Å². The topological polar surface area (TPSA) is 136 Å². The van der Waals surface area contributed by atoms with Crippen molar-refractivity contribution in [3.63, 3.8) is 0 Å². The van der Waals surface area contributed by atoms with Gasteiger partial charge >= 0.3 is 5.97 Å². The summed E-state index contributed by atoms with van der Waals surface area (Å²) in [6.45, 7) is 0.138. The zero-order chi connectivity index (χ0) is 11.6. The maximum absolute atomic E-state index is 10.7. The van der Waals surface area contributed by atoms with Crippen LogP contribution in [0.3, 0.4) is 0 Å². The highest BCUT2D eigenvalue weighted by molar-refractivity contribution is 5.94. The van der Waals surface area contributed by atoms with Crippen molar-refractivity contribution in [2.75, 3.05) is 12.3 Å². The normalized spacial score (nSPS) is 12.4. The molecule has 0 fully saturated rings. The average molecular weight is 211 g/mol. The van der Waals surface area contributed by atoms with Crippen molar-refractivity contribution in [1.82, 2.24) is 0 Å². The summed E-state index contributed by atoms with van der Waals surface area (Å²) in [6, 6.07) is 1.84. The number of carboxylic acid groups (broad SMARTS) is 1. The van der Waals surface area contributed by atoms with Gasteiger partial charge in [-0.05, 0) is 12.1 Å². The van der Waals surface area contributed by atoms with Crippen molar-refractivity contribution in [3.8, 4) is 5.75 Å². The standard InChI is InChI=1S/C9H13N3O3/c10-3-7(12)4-1-6(11)5(9(14)15)2-8(4)13/h1-2,7,13H,3,10-12H2,(H,14,15)/t7-/m1/s1. The molecule has 6 nitrogen and oxygen atoms in total. The van der Waals surface area contributed by atoms with E-state index in [1.807, 2.05) is 0 Å². The molecule has 0 saturated carbocycles. The molecular weight excluding hydrogens is 198 g/mol. The molecule has 0 heterocycles. The Morgan fingerprint density at radius 3 is 2.53 bits per heavy atom. The van der Waals surface area contributed by atoms with Gasteiger partial charge in [-0.15, -0.1) is 0 Å². The second-order valence-electron chi connectivity index (χ2n) is 3.15. The number of aromatic hydroxyl groups is 1. The number of aromatic carboxylic acids is 1. The number of carbonyl (C=O) groups is 1. The van der Waals surface area contributed by atoms with Crippen molar-refractivity contribution in [2.24, 2.45) is 11.5 Å². The summed E-state index contributed by atoms with van der Waals surface area (Å²) < 4.78 is 0. The molecule has 6 heteroatoms. The van der Waals surface area contributed by atoms with E-state index in [-0.39, 0.29) is 23.5 Å². The fourth-order valence-electron chi connectivity index (χ4n) is 1.23. The Bertz CT molecular complexity index is 392. The Morgan fingerprint density at radius 1 is 1.47 bits per heavy atom. The molecule has 15 heavy (non-hydrogen) atoms. The molecule has 1 aromatic carbocycles. The minimum atomic E-state index is -1.20. The summed E-state index contributed by atoms with van der Waals surface area (Å²) in [6.07, 6.45) is 0. The molecule has 0 radical (unpaired) electrons. The van der Waals surface area contributed by atoms with Gasteiger partial charge in [0.05, 0.1) is 5.56 Å². The van der Waals surface area contributed by atoms with Crippen LogP contribution in [0.2, 0.25) is 0 Å². The van der Waals surface area contributed by atoms with Crippen LogP contribution in [0.1, 0.15) is 22.0 Å². The van der Waals surface area contributed by atoms with E-state index < -0.39 is 12.0 Å². The third-order valence-electron chi connectivity index (χ3n) is 2.08. The van der Waals surface area contributed by atoms with Crippen LogP contribution < -0.4 is 17.2 Å². The molecule has 0 aliphatic rings. The van der Waals surface area contributed by atoms with Gasteiger partial charge in [-0.25, -0.2) is 4.79 Å². The number of phenolic OH excluding ortho intramolecular Hbond substituents is 1. The number of hydrogen-bond acceptors (Lipinski definition) is 5. The van der Waals surface area contributed by atoms with Gasteiger partial charge in [0.25, 0.3) is 0 Å². The smallest absolute Gasteiger partial charge is 0.337 e. The number of anilines is 1. The van der Waals surface area contributed by atoms with Crippen molar-refractivity contribution in [1.29, 1.82) is 0 Å². The van der Waals surface area contributed by atoms with E-state index in [4.69, 9.17) is 22.3 Å². The first kappa shape index (κ1) is 11.3. The van der Waals surface area contributed by atoms with Crippen LogP contribution in [0, 0.1) is 0 Å². The van der Waals surface area contributed by atoms with Gasteiger partial charge in [0.2, 0.25) is 0 Å². The Labute approximate surface area is 86.3 Å². The summed E-state index contributed by atoms with van der Waals surface area (Å²) in [7, 11) is 0. The van der Waals surface area contributed by atoms with Crippen LogP contribution in [0.25, 0.3) is 0 Å². The van der Waals surface area contributed by atoms with Gasteiger partial charge in [0.15, 0.2) is 0 Å². The molecule has 0 bridgehead atoms. The molecule has 1 rings (SSSR count). The van der Waals surface area contributed by atoms with Crippen molar-refractivity contribution in [3.05, 3.63) is 23.3 Å². The molecule has 0 aliphatic heterocycles. The Morgan fingerprint density at radius 2 is 2.07 bits per heavy atom. The fraction of sp³-hybridized carbons (Fsp3) is 0.222. The van der Waals surface area contributed by atoms with Crippen LogP contribution in [0.4, 0.5) is 5.69 Å². The Kier molecular flexibility index (Phi) is 3.13. The molecule has 1 atom stereocenters. The van der Waals surface area contributed by atoms with Gasteiger partial charge in [-0.1, -0.05) is 0 Å². The fourth-order valence-corrected chi connectivity index (χ4v) is 1.23. The zero-order valence-corrected chi connectivity index (χ0v) is 7.97. The molecule has 8 N–H and O–H groups in total. The van der Waals surface area contributed by atoms with Crippen molar-refractivity contribution >= 4 is 11.7 Å². The molecule has 0 aromatic heterocycles. The van der Waals surface area contributed by atoms with Gasteiger partial charge in [0, 0.05) is 23.8 Å². The summed E-state index contributed by atoms with van der Waals surface area (Å²) in [5, 5.41) is 18.2. The highest BCUT2D eigenvalue weighted by Crippen LogP contribution is 2.27. The van der Waals surface area contributed by atoms with Crippen LogP contribution in [-0.2, 0) is 0 Å². The van der Waals surface area contributed by atoms with E-state index >= 15 is 0 Å². The maximum atomic E-state index is 10.7. The van der Waals surface area contributed by atoms with Gasteiger partial charge < -0.3 is 27.4 Å². The second kappa shape index (κ2) is 4.16. The minimum absolute atomic E-state index is 0.0548. The molecule has 0 aliphatic carbocycles. The molecule has 0 saturated heterocycles. The lowest BCUT2D eigenvalue weighted by molar-refractivity contribution is 0.0697. The largest absolute Gasteiger partial charge is 0.508 e. The van der Waals surface area contributed by atoms with Crippen molar-refractivity contribution in [2.45, 2.75) is 6.04 Å². The van der Waals surface area contributed by atoms with E-state index in [1.165, 1.54) is 6.07 Å². The van der Waals surface area contributed by atoms with Crippen LogP contribution >= 0.6 is 0 Å². The highest BCUT2D eigenvalue weighted by Gasteiger charge is 2.15. The van der Waals surface area contributed by atoms with E-state index in [0.29, 0.717) is 5.56 Å². The Balaban J connectivity index is 3.25. The number of nitrogen functional groups attached to an aromatic ring is 1. The number of carboxylic acids is 1. The molecule has 0 spiro atoms. The second-order valence-corrected chi connectivity index (χ2v) is 3.15. The first-order chi connectivity index (χ1) is 6.97. The maximum Gasteiger partial charge on any atom is 0.337 e. The van der Waals surface area contributed by atoms with Crippen molar-refractivity contribution < 1.29 is 15.0 Å². The number of hydrogen-bond donors (Lipinski definition) is 5. The van der Waals surface area contributed by atoms with Gasteiger partial charge in [-0.2, -0.15) is 0 Å². The van der Waals surface area contributed by atoms with E-state index in [1.54, 1.807) is 0 Å². The average Bonchev–Trinajstić information content (AvgIpc) is 2.19. The molecule has 82 valence electrons. The third kappa shape index (κ3) is 2.17. The van der Waals surface area contributed by atoms with Crippen LogP contribution in [0.15, 0.2) is 12.1 Å². The lowest BCUT2D eigenvalue weighted by Gasteiger charge is -2.13. The number of nitrogens with two attached hydrogens (primary N) is 3. The predicted octanol–water partition coefficient (Wildman–Crippen LogP) is -0.369. The third-order valence-corrected chi connectivity index (χ3v) is 2.08. The summed E-state index contributed by atoms with van der Waals surface area (Å²) in [5.74, 6) is -1.41.